The molecule has 2 rings (SSSR count). The predicted octanol–water partition coefficient (Wildman–Crippen LogP) is 1.64. The second-order valence-corrected chi connectivity index (χ2v) is 4.70. The van der Waals surface area contributed by atoms with Gasteiger partial charge in [0.2, 0.25) is 5.89 Å². The highest BCUT2D eigenvalue weighted by atomic mass is 32.1. The summed E-state index contributed by atoms with van der Waals surface area (Å²) in [5.41, 5.74) is 0. The lowest BCUT2D eigenvalue weighted by molar-refractivity contribution is 0.387. The van der Waals surface area contributed by atoms with E-state index in [0.717, 1.165) is 35.1 Å². The standard InChI is InChI=1S/C11H12N4OS/c1-8-14-11(15-16-8)4-5-13-7-10-3-2-9(6-12)17-10/h2-3,13H,4-5,7H2,1H3. The minimum atomic E-state index is 0.594. The molecular formula is C11H12N4OS. The second-order valence-electron chi connectivity index (χ2n) is 3.53. The molecule has 0 aliphatic rings. The topological polar surface area (TPSA) is 74.7 Å². The molecule has 0 atom stereocenters. The molecule has 0 spiro atoms. The van der Waals surface area contributed by atoms with E-state index < -0.39 is 0 Å². The first-order valence-electron chi connectivity index (χ1n) is 5.26. The van der Waals surface area contributed by atoms with Gasteiger partial charge in [-0.15, -0.1) is 11.3 Å². The first-order valence-corrected chi connectivity index (χ1v) is 6.08. The second kappa shape index (κ2) is 5.57. The minimum absolute atomic E-state index is 0.594. The van der Waals surface area contributed by atoms with E-state index in [1.54, 1.807) is 6.92 Å². The zero-order valence-corrected chi connectivity index (χ0v) is 10.3. The molecule has 0 saturated heterocycles. The van der Waals surface area contributed by atoms with Crippen LogP contribution in [0.15, 0.2) is 16.7 Å². The van der Waals surface area contributed by atoms with Gasteiger partial charge in [-0.3, -0.25) is 0 Å². The van der Waals surface area contributed by atoms with Crippen molar-refractivity contribution in [2.24, 2.45) is 0 Å². The lowest BCUT2D eigenvalue weighted by Crippen LogP contribution is -2.16. The summed E-state index contributed by atoms with van der Waals surface area (Å²) in [6.45, 7) is 3.33. The van der Waals surface area contributed by atoms with E-state index in [4.69, 9.17) is 9.78 Å². The maximum atomic E-state index is 8.69. The zero-order valence-electron chi connectivity index (χ0n) is 9.43. The summed E-state index contributed by atoms with van der Waals surface area (Å²) in [4.78, 5) is 6.02. The average Bonchev–Trinajstić information content (AvgIpc) is 2.93. The third kappa shape index (κ3) is 3.37. The van der Waals surface area contributed by atoms with Crippen LogP contribution in [0.5, 0.6) is 0 Å². The van der Waals surface area contributed by atoms with Crippen molar-refractivity contribution < 1.29 is 4.52 Å². The molecule has 1 N–H and O–H groups in total. The van der Waals surface area contributed by atoms with E-state index in [-0.39, 0.29) is 0 Å². The molecule has 17 heavy (non-hydrogen) atoms. The molecule has 6 heteroatoms. The number of aryl methyl sites for hydroxylation is 1. The number of hydrogen-bond acceptors (Lipinski definition) is 6. The number of nitriles is 1. The largest absolute Gasteiger partial charge is 0.340 e. The van der Waals surface area contributed by atoms with E-state index in [1.165, 1.54) is 11.3 Å². The van der Waals surface area contributed by atoms with Gasteiger partial charge in [0, 0.05) is 31.3 Å². The lowest BCUT2D eigenvalue weighted by atomic mass is 10.4. The molecule has 0 aromatic carbocycles. The molecule has 2 heterocycles. The van der Waals surface area contributed by atoms with E-state index in [0.29, 0.717) is 5.89 Å². The monoisotopic (exact) mass is 248 g/mol. The third-order valence-corrected chi connectivity index (χ3v) is 3.16. The molecule has 0 unspecified atom stereocenters. The molecule has 0 aliphatic heterocycles. The van der Waals surface area contributed by atoms with Gasteiger partial charge in [0.05, 0.1) is 0 Å². The van der Waals surface area contributed by atoms with Gasteiger partial charge in [0.15, 0.2) is 5.82 Å². The smallest absolute Gasteiger partial charge is 0.223 e. The number of rotatable bonds is 5. The highest BCUT2D eigenvalue weighted by Crippen LogP contribution is 2.14. The Bertz CT molecular complexity index is 526. The van der Waals surface area contributed by atoms with Crippen LogP contribution in [-0.4, -0.2) is 16.7 Å². The highest BCUT2D eigenvalue weighted by molar-refractivity contribution is 7.12. The molecule has 0 amide bonds. The predicted molar refractivity (Wildman–Crippen MR) is 63.5 cm³/mol. The Morgan fingerprint density at radius 2 is 2.41 bits per heavy atom. The van der Waals surface area contributed by atoms with Crippen molar-refractivity contribution in [1.82, 2.24) is 15.5 Å². The minimum Gasteiger partial charge on any atom is -0.340 e. The van der Waals surface area contributed by atoms with Crippen molar-refractivity contribution in [3.8, 4) is 6.07 Å². The Balaban J connectivity index is 1.71. The zero-order chi connectivity index (χ0) is 12.1. The highest BCUT2D eigenvalue weighted by Gasteiger charge is 2.02. The Hall–Kier alpha value is -1.71. The number of hydrogen-bond donors (Lipinski definition) is 1. The van der Waals surface area contributed by atoms with Crippen molar-refractivity contribution in [3.05, 3.63) is 33.6 Å². The molecule has 0 saturated carbocycles. The number of nitrogens with zero attached hydrogens (tertiary/aromatic N) is 3. The summed E-state index contributed by atoms with van der Waals surface area (Å²) >= 11 is 1.51. The molecular weight excluding hydrogens is 236 g/mol. The van der Waals surface area contributed by atoms with Gasteiger partial charge in [-0.2, -0.15) is 10.2 Å². The molecule has 2 aromatic rings. The lowest BCUT2D eigenvalue weighted by Gasteiger charge is -1.99. The molecule has 2 aromatic heterocycles. The first kappa shape index (κ1) is 11.8. The fourth-order valence-corrected chi connectivity index (χ4v) is 2.16. The summed E-state index contributed by atoms with van der Waals surface area (Å²) in [6.07, 6.45) is 0.744. The van der Waals surface area contributed by atoms with Crippen LogP contribution in [0.3, 0.4) is 0 Å². The maximum absolute atomic E-state index is 8.69. The molecule has 0 fully saturated rings. The number of nitrogens with one attached hydrogen (secondary N) is 1. The first-order chi connectivity index (χ1) is 8.28. The van der Waals surface area contributed by atoms with Crippen LogP contribution < -0.4 is 5.32 Å². The number of thiophene rings is 1. The van der Waals surface area contributed by atoms with Crippen LogP contribution >= 0.6 is 11.3 Å². The van der Waals surface area contributed by atoms with Crippen LogP contribution in [0.4, 0.5) is 0 Å². The summed E-state index contributed by atoms with van der Waals surface area (Å²) in [5, 5.41) is 15.8. The van der Waals surface area contributed by atoms with Crippen molar-refractivity contribution >= 4 is 11.3 Å². The van der Waals surface area contributed by atoms with Crippen LogP contribution in [-0.2, 0) is 13.0 Å². The van der Waals surface area contributed by atoms with Crippen molar-refractivity contribution in [1.29, 1.82) is 5.26 Å². The maximum Gasteiger partial charge on any atom is 0.223 e. The molecule has 0 aliphatic carbocycles. The van der Waals surface area contributed by atoms with Gasteiger partial charge in [-0.05, 0) is 12.1 Å². The van der Waals surface area contributed by atoms with Gasteiger partial charge < -0.3 is 9.84 Å². The van der Waals surface area contributed by atoms with Crippen molar-refractivity contribution in [2.45, 2.75) is 19.9 Å². The fourth-order valence-electron chi connectivity index (χ4n) is 1.39. The fraction of sp³-hybridized carbons (Fsp3) is 0.364. The van der Waals surface area contributed by atoms with Crippen LogP contribution in [0.2, 0.25) is 0 Å². The van der Waals surface area contributed by atoms with Gasteiger partial charge in [-0.25, -0.2) is 0 Å². The number of aromatic nitrogens is 2. The van der Waals surface area contributed by atoms with Crippen LogP contribution in [0, 0.1) is 18.3 Å². The Labute approximate surface area is 103 Å². The van der Waals surface area contributed by atoms with Crippen molar-refractivity contribution in [2.75, 3.05) is 6.54 Å². The van der Waals surface area contributed by atoms with Gasteiger partial charge in [0.1, 0.15) is 10.9 Å². The average molecular weight is 248 g/mol. The third-order valence-electron chi connectivity index (χ3n) is 2.17. The summed E-state index contributed by atoms with van der Waals surface area (Å²) < 4.78 is 4.87. The van der Waals surface area contributed by atoms with E-state index >= 15 is 0 Å². The summed E-state index contributed by atoms with van der Waals surface area (Å²) in [5.74, 6) is 1.32. The molecule has 0 radical (unpaired) electrons. The Morgan fingerprint density at radius 1 is 1.53 bits per heavy atom. The molecule has 5 nitrogen and oxygen atoms in total. The van der Waals surface area contributed by atoms with E-state index in [9.17, 15) is 0 Å². The summed E-state index contributed by atoms with van der Waals surface area (Å²) in [7, 11) is 0. The summed E-state index contributed by atoms with van der Waals surface area (Å²) in [6, 6.07) is 5.93. The molecule has 0 bridgehead atoms. The van der Waals surface area contributed by atoms with Gasteiger partial charge in [-0.1, -0.05) is 5.16 Å². The Kier molecular flexibility index (Phi) is 3.85. The quantitative estimate of drug-likeness (QED) is 0.814. The molecule has 88 valence electrons. The van der Waals surface area contributed by atoms with Gasteiger partial charge >= 0.3 is 0 Å². The normalized spacial score (nSPS) is 10.4. The van der Waals surface area contributed by atoms with Crippen molar-refractivity contribution in [3.63, 3.8) is 0 Å². The van der Waals surface area contributed by atoms with E-state index in [2.05, 4.69) is 21.5 Å². The van der Waals surface area contributed by atoms with E-state index in [1.807, 2.05) is 12.1 Å². The van der Waals surface area contributed by atoms with Gasteiger partial charge in [0.25, 0.3) is 0 Å². The van der Waals surface area contributed by atoms with Crippen LogP contribution in [0.1, 0.15) is 21.5 Å². The Morgan fingerprint density at radius 3 is 3.06 bits per heavy atom. The van der Waals surface area contributed by atoms with Crippen LogP contribution in [0.25, 0.3) is 0 Å². The SMILES string of the molecule is Cc1nc(CCNCc2ccc(C#N)s2)no1.